The minimum absolute atomic E-state index is 0.00749. The van der Waals surface area contributed by atoms with E-state index >= 15 is 0 Å². The van der Waals surface area contributed by atoms with Gasteiger partial charge in [0.1, 0.15) is 0 Å². The fourth-order valence-corrected chi connectivity index (χ4v) is 2.14. The molecule has 1 fully saturated rings. The van der Waals surface area contributed by atoms with Crippen molar-refractivity contribution in [3.8, 4) is 0 Å². The third kappa shape index (κ3) is 7.66. The predicted octanol–water partition coefficient (Wildman–Crippen LogP) is 1.36. The molecule has 2 amide bonds. The number of carboxylic acid groups (broad SMARTS) is 1. The molecule has 1 aliphatic rings. The summed E-state index contributed by atoms with van der Waals surface area (Å²) < 4.78 is 5.08. The van der Waals surface area contributed by atoms with Crippen molar-refractivity contribution in [1.82, 2.24) is 10.6 Å². The lowest BCUT2D eigenvalue weighted by Gasteiger charge is -2.26. The monoisotopic (exact) mass is 272 g/mol. The second kappa shape index (κ2) is 8.74. The zero-order valence-electron chi connectivity index (χ0n) is 11.5. The van der Waals surface area contributed by atoms with Gasteiger partial charge in [-0.25, -0.2) is 4.79 Å². The van der Waals surface area contributed by atoms with Crippen molar-refractivity contribution in [3.05, 3.63) is 0 Å². The summed E-state index contributed by atoms with van der Waals surface area (Å²) in [6.45, 7) is 3.15. The molecule has 0 aromatic heterocycles. The number of rotatable bonds is 7. The Morgan fingerprint density at radius 3 is 2.53 bits per heavy atom. The maximum absolute atomic E-state index is 11.6. The van der Waals surface area contributed by atoms with E-state index < -0.39 is 5.97 Å². The van der Waals surface area contributed by atoms with Crippen LogP contribution in [0, 0.1) is 5.92 Å². The van der Waals surface area contributed by atoms with Gasteiger partial charge in [0.05, 0.1) is 19.6 Å². The third-order valence-electron chi connectivity index (χ3n) is 3.34. The SMILES string of the molecule is CC1CCC(NC(=O)NCCOCCC(=O)O)CC1. The van der Waals surface area contributed by atoms with Gasteiger partial charge in [-0.1, -0.05) is 6.92 Å². The molecule has 1 saturated carbocycles. The van der Waals surface area contributed by atoms with E-state index in [-0.39, 0.29) is 25.1 Å². The van der Waals surface area contributed by atoms with Gasteiger partial charge in [0.15, 0.2) is 0 Å². The number of nitrogens with one attached hydrogen (secondary N) is 2. The maximum Gasteiger partial charge on any atom is 0.315 e. The first kappa shape index (κ1) is 15.8. The number of hydrogen-bond acceptors (Lipinski definition) is 3. The number of carbonyl (C=O) groups is 2. The first-order valence-corrected chi connectivity index (χ1v) is 6.92. The van der Waals surface area contributed by atoms with Crippen molar-refractivity contribution in [2.75, 3.05) is 19.8 Å². The van der Waals surface area contributed by atoms with Crippen LogP contribution in [0.1, 0.15) is 39.0 Å². The molecule has 1 aliphatic carbocycles. The molecule has 0 atom stereocenters. The third-order valence-corrected chi connectivity index (χ3v) is 3.34. The van der Waals surface area contributed by atoms with Gasteiger partial charge in [-0.05, 0) is 31.6 Å². The Balaban J connectivity index is 1.97. The quantitative estimate of drug-likeness (QED) is 0.611. The lowest BCUT2D eigenvalue weighted by molar-refractivity contribution is -0.138. The highest BCUT2D eigenvalue weighted by atomic mass is 16.5. The predicted molar refractivity (Wildman–Crippen MR) is 71.0 cm³/mol. The number of carbonyl (C=O) groups excluding carboxylic acids is 1. The standard InChI is InChI=1S/C13H24N2O4/c1-10-2-4-11(5-3-10)15-13(18)14-7-9-19-8-6-12(16)17/h10-11H,2-9H2,1H3,(H,16,17)(H2,14,15,18). The number of amides is 2. The maximum atomic E-state index is 11.6. The van der Waals surface area contributed by atoms with E-state index in [1.54, 1.807) is 0 Å². The minimum atomic E-state index is -0.878. The molecule has 0 bridgehead atoms. The van der Waals surface area contributed by atoms with E-state index in [9.17, 15) is 9.59 Å². The van der Waals surface area contributed by atoms with Crippen molar-refractivity contribution in [3.63, 3.8) is 0 Å². The van der Waals surface area contributed by atoms with Crippen LogP contribution in [0.15, 0.2) is 0 Å². The average Bonchev–Trinajstić information content (AvgIpc) is 2.36. The number of hydrogen-bond donors (Lipinski definition) is 3. The van der Waals surface area contributed by atoms with Gasteiger partial charge in [0.25, 0.3) is 0 Å². The fourth-order valence-electron chi connectivity index (χ4n) is 2.14. The van der Waals surface area contributed by atoms with Gasteiger partial charge in [-0.15, -0.1) is 0 Å². The Labute approximate surface area is 113 Å². The number of urea groups is 1. The van der Waals surface area contributed by atoms with Crippen molar-refractivity contribution in [1.29, 1.82) is 0 Å². The minimum Gasteiger partial charge on any atom is -0.481 e. The van der Waals surface area contributed by atoms with Gasteiger partial charge in [0.2, 0.25) is 0 Å². The largest absolute Gasteiger partial charge is 0.481 e. The molecule has 110 valence electrons. The second-order valence-electron chi connectivity index (χ2n) is 5.11. The van der Waals surface area contributed by atoms with Crippen molar-refractivity contribution >= 4 is 12.0 Å². The van der Waals surface area contributed by atoms with Crippen LogP contribution in [0.4, 0.5) is 4.79 Å². The van der Waals surface area contributed by atoms with Crippen molar-refractivity contribution in [2.24, 2.45) is 5.92 Å². The Kier molecular flexibility index (Phi) is 7.25. The van der Waals surface area contributed by atoms with E-state index in [2.05, 4.69) is 17.6 Å². The second-order valence-corrected chi connectivity index (χ2v) is 5.11. The fraction of sp³-hybridized carbons (Fsp3) is 0.846. The summed E-state index contributed by atoms with van der Waals surface area (Å²) in [5.74, 6) is -0.110. The molecular weight excluding hydrogens is 248 g/mol. The molecule has 0 aliphatic heterocycles. The van der Waals surface area contributed by atoms with Crippen LogP contribution in [0.2, 0.25) is 0 Å². The van der Waals surface area contributed by atoms with Gasteiger partial charge in [-0.2, -0.15) is 0 Å². The molecule has 6 nitrogen and oxygen atoms in total. The van der Waals surface area contributed by atoms with E-state index in [1.165, 1.54) is 12.8 Å². The summed E-state index contributed by atoms with van der Waals surface area (Å²) >= 11 is 0. The van der Waals surface area contributed by atoms with E-state index in [1.807, 2.05) is 0 Å². The van der Waals surface area contributed by atoms with Gasteiger partial charge < -0.3 is 20.5 Å². The summed E-state index contributed by atoms with van der Waals surface area (Å²) in [5.41, 5.74) is 0. The lowest BCUT2D eigenvalue weighted by atomic mass is 9.87. The molecular formula is C13H24N2O4. The molecule has 0 heterocycles. The van der Waals surface area contributed by atoms with Crippen LogP contribution in [0.3, 0.4) is 0 Å². The first-order chi connectivity index (χ1) is 9.08. The molecule has 0 aromatic carbocycles. The van der Waals surface area contributed by atoms with Crippen LogP contribution >= 0.6 is 0 Å². The number of carboxylic acids is 1. The molecule has 1 rings (SSSR count). The number of ether oxygens (including phenoxy) is 1. The van der Waals surface area contributed by atoms with Crippen molar-refractivity contribution < 1.29 is 19.4 Å². The molecule has 19 heavy (non-hydrogen) atoms. The Morgan fingerprint density at radius 2 is 1.89 bits per heavy atom. The Bertz CT molecular complexity index is 288. The zero-order valence-corrected chi connectivity index (χ0v) is 11.5. The topological polar surface area (TPSA) is 87.7 Å². The molecule has 6 heteroatoms. The molecule has 0 saturated heterocycles. The average molecular weight is 272 g/mol. The molecule has 3 N–H and O–H groups in total. The summed E-state index contributed by atoms with van der Waals surface area (Å²) in [7, 11) is 0. The molecule has 0 aromatic rings. The van der Waals surface area contributed by atoms with E-state index in [4.69, 9.17) is 9.84 Å². The van der Waals surface area contributed by atoms with Crippen LogP contribution in [-0.4, -0.2) is 42.9 Å². The van der Waals surface area contributed by atoms with E-state index in [0.29, 0.717) is 13.2 Å². The van der Waals surface area contributed by atoms with Crippen LogP contribution in [0.5, 0.6) is 0 Å². The van der Waals surface area contributed by atoms with Crippen LogP contribution in [-0.2, 0) is 9.53 Å². The Hall–Kier alpha value is -1.30. The van der Waals surface area contributed by atoms with Gasteiger partial charge >= 0.3 is 12.0 Å². The summed E-state index contributed by atoms with van der Waals surface area (Å²) in [5, 5.41) is 14.1. The summed E-state index contributed by atoms with van der Waals surface area (Å²) in [6.07, 6.45) is 4.42. The summed E-state index contributed by atoms with van der Waals surface area (Å²) in [4.78, 5) is 21.8. The highest BCUT2D eigenvalue weighted by Gasteiger charge is 2.19. The molecule has 0 spiro atoms. The van der Waals surface area contributed by atoms with Crippen LogP contribution in [0.25, 0.3) is 0 Å². The van der Waals surface area contributed by atoms with Crippen LogP contribution < -0.4 is 10.6 Å². The first-order valence-electron chi connectivity index (χ1n) is 6.92. The summed E-state index contributed by atoms with van der Waals surface area (Å²) in [6, 6.07) is 0.116. The highest BCUT2D eigenvalue weighted by molar-refractivity contribution is 5.74. The van der Waals surface area contributed by atoms with E-state index in [0.717, 1.165) is 18.8 Å². The number of aliphatic carboxylic acids is 1. The van der Waals surface area contributed by atoms with Gasteiger partial charge in [0, 0.05) is 12.6 Å². The van der Waals surface area contributed by atoms with Crippen molar-refractivity contribution in [2.45, 2.75) is 45.1 Å². The van der Waals surface area contributed by atoms with Gasteiger partial charge in [-0.3, -0.25) is 4.79 Å². The Morgan fingerprint density at radius 1 is 1.21 bits per heavy atom. The smallest absolute Gasteiger partial charge is 0.315 e. The molecule has 0 unspecified atom stereocenters. The highest BCUT2D eigenvalue weighted by Crippen LogP contribution is 2.23. The zero-order chi connectivity index (χ0) is 14.1. The molecule has 0 radical (unpaired) electrons. The lowest BCUT2D eigenvalue weighted by Crippen LogP contribution is -2.44. The normalized spacial score (nSPS) is 22.8.